The van der Waals surface area contributed by atoms with Crippen molar-refractivity contribution in [1.29, 1.82) is 0 Å². The van der Waals surface area contributed by atoms with Crippen molar-refractivity contribution in [1.82, 2.24) is 15.6 Å². The SMILES string of the molecule is CONN(OC)c1ncccn1. The average molecular weight is 170 g/mol. The highest BCUT2D eigenvalue weighted by molar-refractivity contribution is 5.20. The van der Waals surface area contributed by atoms with Crippen molar-refractivity contribution in [3.05, 3.63) is 18.5 Å². The molecule has 0 aliphatic rings. The van der Waals surface area contributed by atoms with Crippen LogP contribution in [0, 0.1) is 0 Å². The lowest BCUT2D eigenvalue weighted by molar-refractivity contribution is -0.0158. The summed E-state index contributed by atoms with van der Waals surface area (Å²) in [4.78, 5) is 17.3. The molecule has 0 amide bonds. The fraction of sp³-hybridized carbons (Fsp3) is 0.333. The highest BCUT2D eigenvalue weighted by Gasteiger charge is 2.05. The molecule has 6 heteroatoms. The standard InChI is InChI=1S/C6H10N4O2/c1-11-9-10(12-2)6-7-4-3-5-8-6/h3-5,9H,1-2H3. The maximum Gasteiger partial charge on any atom is 0.267 e. The molecule has 0 radical (unpaired) electrons. The van der Waals surface area contributed by atoms with Gasteiger partial charge in [-0.2, -0.15) is 0 Å². The predicted molar refractivity (Wildman–Crippen MR) is 41.7 cm³/mol. The van der Waals surface area contributed by atoms with E-state index in [1.54, 1.807) is 18.5 Å². The molecule has 0 aliphatic heterocycles. The van der Waals surface area contributed by atoms with Gasteiger partial charge in [0.2, 0.25) is 0 Å². The van der Waals surface area contributed by atoms with E-state index in [1.165, 1.54) is 19.4 Å². The van der Waals surface area contributed by atoms with Gasteiger partial charge < -0.3 is 0 Å². The van der Waals surface area contributed by atoms with Crippen LogP contribution in [0.25, 0.3) is 0 Å². The maximum absolute atomic E-state index is 4.85. The first kappa shape index (κ1) is 8.85. The van der Waals surface area contributed by atoms with E-state index in [4.69, 9.17) is 4.84 Å². The fourth-order valence-corrected chi connectivity index (χ4v) is 0.639. The number of aromatic nitrogens is 2. The minimum atomic E-state index is 0.377. The van der Waals surface area contributed by atoms with Crippen LogP contribution >= 0.6 is 0 Å². The number of anilines is 1. The highest BCUT2D eigenvalue weighted by Crippen LogP contribution is 2.00. The average Bonchev–Trinajstić information content (AvgIpc) is 2.15. The van der Waals surface area contributed by atoms with E-state index >= 15 is 0 Å². The first-order chi connectivity index (χ1) is 5.88. The number of rotatable bonds is 4. The van der Waals surface area contributed by atoms with E-state index < -0.39 is 0 Å². The molecule has 0 atom stereocenters. The van der Waals surface area contributed by atoms with E-state index in [0.29, 0.717) is 5.95 Å². The molecule has 0 unspecified atom stereocenters. The summed E-state index contributed by atoms with van der Waals surface area (Å²) in [6.07, 6.45) is 3.21. The van der Waals surface area contributed by atoms with Crippen molar-refractivity contribution < 1.29 is 9.68 Å². The molecule has 0 aliphatic carbocycles. The molecule has 1 rings (SSSR count). The van der Waals surface area contributed by atoms with E-state index in [2.05, 4.69) is 20.4 Å². The van der Waals surface area contributed by atoms with Gasteiger partial charge in [0, 0.05) is 12.4 Å². The van der Waals surface area contributed by atoms with Crippen LogP contribution in [-0.2, 0) is 9.68 Å². The summed E-state index contributed by atoms with van der Waals surface area (Å²) in [5.74, 6) is 0.377. The van der Waals surface area contributed by atoms with Crippen molar-refractivity contribution >= 4 is 5.95 Å². The Kier molecular flexibility index (Phi) is 3.39. The molecule has 0 saturated heterocycles. The summed E-state index contributed by atoms with van der Waals surface area (Å²) in [5, 5.41) is 1.19. The molecule has 0 spiro atoms. The molecule has 1 aromatic rings. The van der Waals surface area contributed by atoms with Crippen LogP contribution < -0.4 is 10.8 Å². The molecule has 0 aromatic carbocycles. The quantitative estimate of drug-likeness (QED) is 0.637. The Morgan fingerprint density at radius 1 is 1.33 bits per heavy atom. The molecule has 0 bridgehead atoms. The van der Waals surface area contributed by atoms with Gasteiger partial charge in [-0.25, -0.2) is 9.97 Å². The van der Waals surface area contributed by atoms with Crippen LogP contribution in [0.2, 0.25) is 0 Å². The lowest BCUT2D eigenvalue weighted by Crippen LogP contribution is -2.37. The first-order valence-electron chi connectivity index (χ1n) is 3.28. The molecule has 0 saturated carbocycles. The highest BCUT2D eigenvalue weighted by atomic mass is 16.8. The molecule has 1 N–H and O–H groups in total. The van der Waals surface area contributed by atoms with Gasteiger partial charge in [-0.05, 0) is 6.07 Å². The van der Waals surface area contributed by atoms with Crippen molar-refractivity contribution in [3.63, 3.8) is 0 Å². The van der Waals surface area contributed by atoms with E-state index in [9.17, 15) is 0 Å². The largest absolute Gasteiger partial charge is 0.283 e. The lowest BCUT2D eigenvalue weighted by atomic mass is 10.7. The van der Waals surface area contributed by atoms with Crippen LogP contribution in [-0.4, -0.2) is 24.2 Å². The van der Waals surface area contributed by atoms with Gasteiger partial charge in [0.15, 0.2) is 0 Å². The normalized spacial score (nSPS) is 9.83. The predicted octanol–water partition coefficient (Wildman–Crippen LogP) is -0.0896. The second-order valence-electron chi connectivity index (χ2n) is 1.82. The smallest absolute Gasteiger partial charge is 0.267 e. The Morgan fingerprint density at radius 3 is 2.50 bits per heavy atom. The van der Waals surface area contributed by atoms with E-state index in [1.807, 2.05) is 0 Å². The van der Waals surface area contributed by atoms with Gasteiger partial charge in [-0.1, -0.05) is 5.59 Å². The molecule has 66 valence electrons. The number of nitrogens with zero attached hydrogens (tertiary/aromatic N) is 3. The second-order valence-corrected chi connectivity index (χ2v) is 1.82. The summed E-state index contributed by atoms with van der Waals surface area (Å²) in [7, 11) is 2.94. The summed E-state index contributed by atoms with van der Waals surface area (Å²) < 4.78 is 0. The van der Waals surface area contributed by atoms with Gasteiger partial charge in [0.05, 0.1) is 14.2 Å². The number of nitrogens with one attached hydrogen (secondary N) is 1. The zero-order chi connectivity index (χ0) is 8.81. The van der Waals surface area contributed by atoms with Gasteiger partial charge in [-0.15, -0.1) is 5.17 Å². The third-order valence-electron chi connectivity index (χ3n) is 1.09. The molecule has 6 nitrogen and oxygen atoms in total. The molecular weight excluding hydrogens is 160 g/mol. The van der Waals surface area contributed by atoms with E-state index in [0.717, 1.165) is 0 Å². The summed E-state index contributed by atoms with van der Waals surface area (Å²) in [6.45, 7) is 0. The molecule has 1 aromatic heterocycles. The molecule has 1 heterocycles. The Labute approximate surface area is 70.0 Å². The van der Waals surface area contributed by atoms with Crippen LogP contribution in [0.3, 0.4) is 0 Å². The van der Waals surface area contributed by atoms with Gasteiger partial charge >= 0.3 is 0 Å². The zero-order valence-electron chi connectivity index (χ0n) is 6.89. The number of hydrazine groups is 1. The third kappa shape index (κ3) is 2.12. The summed E-state index contributed by atoms with van der Waals surface area (Å²) in [5.41, 5.74) is 2.43. The second kappa shape index (κ2) is 4.60. The number of hydrogen-bond donors (Lipinski definition) is 1. The zero-order valence-corrected chi connectivity index (χ0v) is 6.89. The minimum Gasteiger partial charge on any atom is -0.283 e. The Morgan fingerprint density at radius 2 is 2.00 bits per heavy atom. The molecular formula is C6H10N4O2. The Hall–Kier alpha value is -1.24. The van der Waals surface area contributed by atoms with Crippen LogP contribution in [0.1, 0.15) is 0 Å². The van der Waals surface area contributed by atoms with Gasteiger partial charge in [0.25, 0.3) is 5.95 Å². The van der Waals surface area contributed by atoms with Crippen molar-refractivity contribution in [2.45, 2.75) is 0 Å². The van der Waals surface area contributed by atoms with Crippen molar-refractivity contribution in [2.75, 3.05) is 19.4 Å². The van der Waals surface area contributed by atoms with Crippen LogP contribution in [0.15, 0.2) is 18.5 Å². The minimum absolute atomic E-state index is 0.377. The molecule has 0 fully saturated rings. The van der Waals surface area contributed by atoms with Crippen LogP contribution in [0.5, 0.6) is 0 Å². The van der Waals surface area contributed by atoms with E-state index in [-0.39, 0.29) is 0 Å². The topological polar surface area (TPSA) is 59.5 Å². The van der Waals surface area contributed by atoms with Gasteiger partial charge in [-0.3, -0.25) is 9.68 Å². The fourth-order valence-electron chi connectivity index (χ4n) is 0.639. The number of hydrogen-bond acceptors (Lipinski definition) is 6. The van der Waals surface area contributed by atoms with Gasteiger partial charge in [0.1, 0.15) is 0 Å². The monoisotopic (exact) mass is 170 g/mol. The summed E-state index contributed by atoms with van der Waals surface area (Å²) in [6, 6.07) is 1.71. The Bertz CT molecular complexity index is 218. The molecule has 12 heavy (non-hydrogen) atoms. The van der Waals surface area contributed by atoms with Crippen molar-refractivity contribution in [2.24, 2.45) is 0 Å². The third-order valence-corrected chi connectivity index (χ3v) is 1.09. The van der Waals surface area contributed by atoms with Crippen LogP contribution in [0.4, 0.5) is 5.95 Å². The maximum atomic E-state index is 4.85. The lowest BCUT2D eigenvalue weighted by Gasteiger charge is -2.17. The van der Waals surface area contributed by atoms with Crippen molar-refractivity contribution in [3.8, 4) is 0 Å². The Balaban J connectivity index is 2.66. The summed E-state index contributed by atoms with van der Waals surface area (Å²) >= 11 is 0. The first-order valence-corrected chi connectivity index (χ1v) is 3.28.